The zero-order chi connectivity index (χ0) is 26.7. The van der Waals surface area contributed by atoms with E-state index < -0.39 is 6.09 Å². The van der Waals surface area contributed by atoms with Crippen LogP contribution in [0.1, 0.15) is 39.0 Å². The molecule has 3 heterocycles. The molecule has 0 spiro atoms. The monoisotopic (exact) mass is 512 g/mol. The van der Waals surface area contributed by atoms with Crippen LogP contribution in [0.15, 0.2) is 24.3 Å². The summed E-state index contributed by atoms with van der Waals surface area (Å²) in [7, 11) is 0. The molecule has 11 nitrogen and oxygen atoms in total. The lowest BCUT2D eigenvalue weighted by Gasteiger charge is -2.38. The van der Waals surface area contributed by atoms with Crippen LogP contribution in [0, 0.1) is 0 Å². The number of carbonyl (C=O) groups is 2. The largest absolute Gasteiger partial charge is 0.530 e. The van der Waals surface area contributed by atoms with Crippen LogP contribution in [0.4, 0.5) is 21.1 Å². The van der Waals surface area contributed by atoms with Crippen LogP contribution in [0.2, 0.25) is 0 Å². The highest BCUT2D eigenvalue weighted by Gasteiger charge is 2.40. The molecule has 0 unspecified atom stereocenters. The molecule has 200 valence electrons. The fraction of sp³-hybridized carbons (Fsp3) is 0.538. The van der Waals surface area contributed by atoms with Crippen molar-refractivity contribution in [2.45, 2.75) is 52.2 Å². The normalized spacial score (nSPS) is 17.8. The van der Waals surface area contributed by atoms with Gasteiger partial charge in [-0.25, -0.2) is 9.36 Å². The number of aromatic nitrogens is 2. The summed E-state index contributed by atoms with van der Waals surface area (Å²) < 4.78 is 7.91. The minimum atomic E-state index is -1.18. The number of hydrogen-bond acceptors (Lipinski definition) is 7. The Balaban J connectivity index is 1.83. The van der Waals surface area contributed by atoms with E-state index in [0.717, 1.165) is 28.5 Å². The first-order chi connectivity index (χ1) is 17.6. The maximum absolute atomic E-state index is 12.0. The van der Waals surface area contributed by atoms with E-state index in [-0.39, 0.29) is 37.3 Å². The second-order valence-electron chi connectivity index (χ2n) is 10.4. The average molecular weight is 513 g/mol. The molecule has 1 aromatic carbocycles. The van der Waals surface area contributed by atoms with Crippen LogP contribution in [-0.4, -0.2) is 72.6 Å². The number of benzene rings is 1. The van der Waals surface area contributed by atoms with Crippen LogP contribution in [0.5, 0.6) is 0 Å². The van der Waals surface area contributed by atoms with Gasteiger partial charge in [0, 0.05) is 25.2 Å². The van der Waals surface area contributed by atoms with Crippen molar-refractivity contribution < 1.29 is 29.1 Å². The minimum absolute atomic E-state index is 0.101. The Bertz CT molecular complexity index is 1150. The predicted octanol–water partition coefficient (Wildman–Crippen LogP) is 0.831. The highest BCUT2D eigenvalue weighted by atomic mass is 16.5. The lowest BCUT2D eigenvalue weighted by Crippen LogP contribution is -2.60. The van der Waals surface area contributed by atoms with Gasteiger partial charge in [0.15, 0.2) is 0 Å². The number of fused-ring (bicyclic) bond motifs is 1. The molecule has 1 aromatic heterocycles. The van der Waals surface area contributed by atoms with Crippen molar-refractivity contribution in [3.8, 4) is 11.4 Å². The number of amides is 3. The molecule has 1 fully saturated rings. The van der Waals surface area contributed by atoms with Crippen molar-refractivity contribution in [2.24, 2.45) is 0 Å². The lowest BCUT2D eigenvalue weighted by atomic mass is 9.99. The van der Waals surface area contributed by atoms with E-state index in [1.807, 2.05) is 24.3 Å². The highest BCUT2D eigenvalue weighted by molar-refractivity contribution is 5.89. The average Bonchev–Trinajstić information content (AvgIpc) is 2.86. The molecular formula is C26H36N6O5. The lowest BCUT2D eigenvalue weighted by molar-refractivity contribution is -0.735. The maximum Gasteiger partial charge on any atom is 0.319 e. The fourth-order valence-corrected chi connectivity index (χ4v) is 4.87. The standard InChI is InChI=1S/C26H36N6O5/c1-17-16-37-14-12-31(17)23-20-15-30(25(35)36)11-9-21(20)29-22(32(23)26(2,3)4)18-5-7-19(8-6-18)28-24(34)27-10-13-33/h5-8,17,33H,9-16H2,1-4H3,(H2,27,34,35,36)/t17-/m0/s1. The van der Waals surface area contributed by atoms with E-state index in [1.165, 1.54) is 4.90 Å². The summed E-state index contributed by atoms with van der Waals surface area (Å²) in [5.41, 5.74) is 2.90. The third kappa shape index (κ3) is 5.78. The van der Waals surface area contributed by atoms with Crippen molar-refractivity contribution >= 4 is 23.6 Å². The first-order valence-electron chi connectivity index (χ1n) is 12.6. The number of carbonyl (C=O) groups excluding carboxylic acids is 2. The predicted molar refractivity (Wildman–Crippen MR) is 136 cm³/mol. The van der Waals surface area contributed by atoms with E-state index in [4.69, 9.17) is 14.8 Å². The smallest absolute Gasteiger partial charge is 0.319 e. The summed E-state index contributed by atoms with van der Waals surface area (Å²) >= 11 is 0. The minimum Gasteiger partial charge on any atom is -0.530 e. The van der Waals surface area contributed by atoms with Gasteiger partial charge in [-0.1, -0.05) is 0 Å². The highest BCUT2D eigenvalue weighted by Crippen LogP contribution is 2.33. The van der Waals surface area contributed by atoms with Crippen LogP contribution < -0.4 is 25.2 Å². The first-order valence-corrected chi connectivity index (χ1v) is 12.6. The van der Waals surface area contributed by atoms with Crippen LogP contribution in [-0.2, 0) is 23.2 Å². The quantitative estimate of drug-likeness (QED) is 0.505. The molecule has 0 saturated carbocycles. The van der Waals surface area contributed by atoms with Gasteiger partial charge in [-0.05, 0) is 52.0 Å². The Hall–Kier alpha value is -3.44. The molecule has 3 amide bonds. The molecule has 1 atom stereocenters. The molecule has 4 rings (SSSR count). The third-order valence-electron chi connectivity index (χ3n) is 6.62. The van der Waals surface area contributed by atoms with Gasteiger partial charge in [0.1, 0.15) is 11.8 Å². The van der Waals surface area contributed by atoms with Gasteiger partial charge in [0.2, 0.25) is 5.82 Å². The van der Waals surface area contributed by atoms with Gasteiger partial charge >= 0.3 is 6.03 Å². The Labute approximate surface area is 217 Å². The summed E-state index contributed by atoms with van der Waals surface area (Å²) in [5, 5.41) is 26.0. The molecule has 2 aliphatic heterocycles. The van der Waals surface area contributed by atoms with Crippen molar-refractivity contribution in [3.63, 3.8) is 0 Å². The Kier molecular flexibility index (Phi) is 7.84. The number of rotatable bonds is 5. The summed E-state index contributed by atoms with van der Waals surface area (Å²) in [6, 6.07) is 7.18. The maximum atomic E-state index is 12.0. The number of anilines is 2. The molecule has 2 aliphatic rings. The van der Waals surface area contributed by atoms with Crippen molar-refractivity contribution in [2.75, 3.05) is 49.7 Å². The molecule has 2 aromatic rings. The van der Waals surface area contributed by atoms with Gasteiger partial charge in [0.05, 0.1) is 55.6 Å². The van der Waals surface area contributed by atoms with Crippen molar-refractivity contribution in [3.05, 3.63) is 35.5 Å². The number of morpholine rings is 1. The van der Waals surface area contributed by atoms with Crippen molar-refractivity contribution in [1.82, 2.24) is 15.2 Å². The Morgan fingerprint density at radius 3 is 2.59 bits per heavy atom. The number of hydrogen-bond donors (Lipinski definition) is 3. The molecular weight excluding hydrogens is 476 g/mol. The number of nitrogens with zero attached hydrogens (tertiary/aromatic N) is 4. The van der Waals surface area contributed by atoms with Gasteiger partial charge in [-0.3, -0.25) is 4.90 Å². The summed E-state index contributed by atoms with van der Waals surface area (Å²) in [4.78, 5) is 32.5. The van der Waals surface area contributed by atoms with E-state index in [9.17, 15) is 14.7 Å². The number of ether oxygens (including phenoxy) is 1. The number of aliphatic hydroxyl groups is 1. The number of aliphatic hydroxyl groups excluding tert-OH is 1. The molecule has 3 N–H and O–H groups in total. The van der Waals surface area contributed by atoms with E-state index in [2.05, 4.69) is 47.8 Å². The van der Waals surface area contributed by atoms with Crippen LogP contribution in [0.25, 0.3) is 11.4 Å². The number of carboxylic acid groups (broad SMARTS) is 1. The SMILES string of the molecule is C[C@H]1COCCN1c1c2c(nc(-c3ccc(NC(=O)NCCO)cc3)[n+]1C(C)(C)C)CCN(C(=O)[O-])C2. The van der Waals surface area contributed by atoms with Crippen molar-refractivity contribution in [1.29, 1.82) is 0 Å². The Morgan fingerprint density at radius 1 is 1.24 bits per heavy atom. The number of nitrogens with one attached hydrogen (secondary N) is 2. The summed E-state index contributed by atoms with van der Waals surface area (Å²) in [5.74, 6) is 1.73. The van der Waals surface area contributed by atoms with Crippen LogP contribution >= 0.6 is 0 Å². The number of urea groups is 1. The van der Waals surface area contributed by atoms with Gasteiger partial charge < -0.3 is 35.3 Å². The van der Waals surface area contributed by atoms with E-state index >= 15 is 0 Å². The second-order valence-corrected chi connectivity index (χ2v) is 10.4. The van der Waals surface area contributed by atoms with Gasteiger partial charge in [-0.2, -0.15) is 0 Å². The molecule has 11 heteroatoms. The molecule has 37 heavy (non-hydrogen) atoms. The fourth-order valence-electron chi connectivity index (χ4n) is 4.87. The topological polar surface area (TPSA) is 134 Å². The molecule has 1 saturated heterocycles. The Morgan fingerprint density at radius 2 is 1.97 bits per heavy atom. The van der Waals surface area contributed by atoms with E-state index in [0.29, 0.717) is 38.4 Å². The second kappa shape index (κ2) is 10.9. The zero-order valence-electron chi connectivity index (χ0n) is 21.9. The third-order valence-corrected chi connectivity index (χ3v) is 6.62. The zero-order valence-corrected chi connectivity index (χ0v) is 21.9. The molecule has 0 radical (unpaired) electrons. The van der Waals surface area contributed by atoms with Crippen LogP contribution in [0.3, 0.4) is 0 Å². The first kappa shape index (κ1) is 26.6. The molecule has 0 bridgehead atoms. The van der Waals surface area contributed by atoms with Gasteiger partial charge in [0.25, 0.3) is 5.82 Å². The van der Waals surface area contributed by atoms with Gasteiger partial charge in [-0.15, -0.1) is 4.98 Å². The van der Waals surface area contributed by atoms with E-state index in [1.54, 1.807) is 0 Å². The summed E-state index contributed by atoms with van der Waals surface area (Å²) in [6.07, 6.45) is -0.679. The molecule has 0 aliphatic carbocycles. The summed E-state index contributed by atoms with van der Waals surface area (Å²) in [6.45, 7) is 10.9.